The van der Waals surface area contributed by atoms with Gasteiger partial charge in [0.2, 0.25) is 0 Å². The van der Waals surface area contributed by atoms with Crippen molar-refractivity contribution < 1.29 is 0 Å². The molecule has 0 amide bonds. The largest absolute Gasteiger partial charge is 0.0656 e. The Morgan fingerprint density at radius 3 is 1.00 bits per heavy atom. The third-order valence-electron chi connectivity index (χ3n) is 20.2. The van der Waals surface area contributed by atoms with Crippen LogP contribution in [0.4, 0.5) is 0 Å². The first-order valence-corrected chi connectivity index (χ1v) is 26.7. The van der Waals surface area contributed by atoms with Gasteiger partial charge in [-0.2, -0.15) is 0 Å². The lowest BCUT2D eigenvalue weighted by Gasteiger charge is -2.67. The van der Waals surface area contributed by atoms with E-state index < -0.39 is 0 Å². The van der Waals surface area contributed by atoms with E-state index in [4.69, 9.17) is 0 Å². The van der Waals surface area contributed by atoms with Crippen LogP contribution in [0, 0.1) is 116 Å². The minimum absolute atomic E-state index is 0.267. The minimum atomic E-state index is 0.267. The number of fused-ring (bicyclic) bond motifs is 3. The second kappa shape index (κ2) is 26.6. The predicted octanol–water partition coefficient (Wildman–Crippen LogP) is 20.2. The third-order valence-corrected chi connectivity index (χ3v) is 20.2. The van der Waals surface area contributed by atoms with E-state index in [1.807, 2.05) is 0 Å². The molecule has 0 aromatic heterocycles. The maximum absolute atomic E-state index is 2.84. The number of hydrogen-bond acceptors (Lipinski definition) is 0. The van der Waals surface area contributed by atoms with Gasteiger partial charge in [0, 0.05) is 0 Å². The first kappa shape index (κ1) is 60.1. The Hall–Kier alpha value is 0. The average Bonchev–Trinajstić information content (AvgIpc) is 3.17. The summed E-state index contributed by atoms with van der Waals surface area (Å²) < 4.78 is 0. The normalized spacial score (nSPS) is 45.9. The zero-order valence-electron chi connectivity index (χ0n) is 46.3. The molecule has 0 heterocycles. The lowest BCUT2D eigenvalue weighted by Crippen LogP contribution is -2.61. The molecule has 0 radical (unpaired) electrons. The van der Waals surface area contributed by atoms with E-state index in [1.54, 1.807) is 0 Å². The van der Waals surface area contributed by atoms with E-state index in [9.17, 15) is 0 Å². The molecule has 0 bridgehead atoms. The molecule has 0 N–H and O–H groups in total. The molecule has 4 aliphatic carbocycles. The molecule has 0 spiro atoms. The van der Waals surface area contributed by atoms with Gasteiger partial charge in [-0.1, -0.05) is 226 Å². The fourth-order valence-corrected chi connectivity index (χ4v) is 14.1. The standard InChI is InChI=1S/C43H80.5C3H8/c1-24-23-38-20-19-37-21-22-39-31(8)29(6)27(4)25(2)26(3)28(5)30(7)32(9)40(14,15)43(39,18)36(13)35(12)42(37,17)34(11)33(10)41(24,38)16;5*1-3-2/h24-39H,19-23H2,1-18H3;5*3H2,1-2H3. The molecular formula is C58H120. The molecule has 0 nitrogen and oxygen atoms in total. The molecule has 4 rings (SSSR count). The van der Waals surface area contributed by atoms with Crippen LogP contribution >= 0.6 is 0 Å². The third kappa shape index (κ3) is 12.4. The molecule has 19 atom stereocenters. The zero-order chi connectivity index (χ0) is 46.3. The zero-order valence-corrected chi connectivity index (χ0v) is 46.3. The van der Waals surface area contributed by atoms with Crippen molar-refractivity contribution in [1.82, 2.24) is 0 Å². The van der Waals surface area contributed by atoms with Crippen LogP contribution in [0.5, 0.6) is 0 Å². The molecule has 4 fully saturated rings. The highest BCUT2D eigenvalue weighted by Crippen LogP contribution is 2.70. The van der Waals surface area contributed by atoms with Gasteiger partial charge in [-0.05, 0) is 148 Å². The molecule has 58 heavy (non-hydrogen) atoms. The van der Waals surface area contributed by atoms with E-state index in [0.29, 0.717) is 28.1 Å². The highest BCUT2D eigenvalue weighted by atomic mass is 14.7. The summed E-state index contributed by atoms with van der Waals surface area (Å²) in [5, 5.41) is 0. The van der Waals surface area contributed by atoms with E-state index >= 15 is 0 Å². The Kier molecular flexibility index (Phi) is 27.5. The van der Waals surface area contributed by atoms with Gasteiger partial charge >= 0.3 is 0 Å². The van der Waals surface area contributed by atoms with Gasteiger partial charge < -0.3 is 0 Å². The first-order valence-electron chi connectivity index (χ1n) is 26.7. The van der Waals surface area contributed by atoms with Crippen molar-refractivity contribution >= 4 is 0 Å². The van der Waals surface area contributed by atoms with Crippen molar-refractivity contribution in [1.29, 1.82) is 0 Å². The summed E-state index contributed by atoms with van der Waals surface area (Å²) in [6, 6.07) is 0. The second-order valence-corrected chi connectivity index (χ2v) is 23.5. The van der Waals surface area contributed by atoms with E-state index in [-0.39, 0.29) is 5.41 Å². The van der Waals surface area contributed by atoms with Gasteiger partial charge in [0.15, 0.2) is 0 Å². The maximum atomic E-state index is 2.84. The van der Waals surface area contributed by atoms with Crippen LogP contribution in [0.25, 0.3) is 0 Å². The first-order chi connectivity index (χ1) is 26.7. The van der Waals surface area contributed by atoms with Crippen molar-refractivity contribution in [2.45, 2.75) is 258 Å². The smallest absolute Gasteiger partial charge is 0.0213 e. The summed E-state index contributed by atoms with van der Waals surface area (Å²) in [6.07, 6.45) is 13.6. The number of rotatable bonds is 0. The minimum Gasteiger partial charge on any atom is -0.0656 e. The molecule has 352 valence electrons. The van der Waals surface area contributed by atoms with Crippen molar-refractivity contribution in [2.75, 3.05) is 0 Å². The lowest BCUT2D eigenvalue weighted by atomic mass is 9.37. The van der Waals surface area contributed by atoms with Gasteiger partial charge in [-0.25, -0.2) is 0 Å². The van der Waals surface area contributed by atoms with Crippen LogP contribution in [0.3, 0.4) is 0 Å². The SMILES string of the molecule is CC1C(C)C(C)C(C)C(C)C(C)(C)C2(C)C(C)C(C)C3(C)C(CCC4CC(C)C4(C)C(C)C3C)CCC2C(C)C(C)C1C.CCC.CCC.CCC.CCC.CCC. The molecule has 0 heteroatoms. The summed E-state index contributed by atoms with van der Waals surface area (Å²) in [5.41, 5.74) is 1.49. The highest BCUT2D eigenvalue weighted by molar-refractivity contribution is 5.12. The van der Waals surface area contributed by atoms with Crippen molar-refractivity contribution in [3.63, 3.8) is 0 Å². The fourth-order valence-electron chi connectivity index (χ4n) is 14.1. The maximum Gasteiger partial charge on any atom is -0.0213 e. The van der Waals surface area contributed by atoms with Crippen LogP contribution in [0.2, 0.25) is 0 Å². The van der Waals surface area contributed by atoms with Gasteiger partial charge in [0.1, 0.15) is 0 Å². The molecule has 0 aromatic rings. The predicted molar refractivity (Wildman–Crippen MR) is 271 cm³/mol. The van der Waals surface area contributed by atoms with E-state index in [2.05, 4.69) is 194 Å². The average molecular weight is 818 g/mol. The van der Waals surface area contributed by atoms with Gasteiger partial charge in [0.25, 0.3) is 0 Å². The molecular weight excluding hydrogens is 697 g/mol. The molecule has 19 unspecified atom stereocenters. The van der Waals surface area contributed by atoms with Gasteiger partial charge in [-0.3, -0.25) is 0 Å². The number of hydrogen-bond donors (Lipinski definition) is 0. The summed E-state index contributed by atoms with van der Waals surface area (Å²) in [5.74, 6) is 12.5. The highest BCUT2D eigenvalue weighted by Gasteiger charge is 2.64. The Morgan fingerprint density at radius 2 is 0.621 bits per heavy atom. The van der Waals surface area contributed by atoms with Crippen LogP contribution in [0.15, 0.2) is 0 Å². The van der Waals surface area contributed by atoms with Crippen LogP contribution in [-0.2, 0) is 0 Å². The fraction of sp³-hybridized carbons (Fsp3) is 1.00. The Morgan fingerprint density at radius 1 is 0.328 bits per heavy atom. The van der Waals surface area contributed by atoms with Crippen molar-refractivity contribution in [2.24, 2.45) is 116 Å². The van der Waals surface area contributed by atoms with E-state index in [0.717, 1.165) is 82.9 Å². The molecule has 0 aliphatic heterocycles. The monoisotopic (exact) mass is 817 g/mol. The molecule has 0 aromatic carbocycles. The van der Waals surface area contributed by atoms with Gasteiger partial charge in [0.05, 0.1) is 0 Å². The quantitative estimate of drug-likeness (QED) is 0.228. The summed E-state index contributed by atoms with van der Waals surface area (Å²) in [6.45, 7) is 69.8. The molecule has 4 aliphatic rings. The Labute approximate surface area is 373 Å². The molecule has 4 saturated carbocycles. The summed E-state index contributed by atoms with van der Waals surface area (Å²) in [7, 11) is 0. The summed E-state index contributed by atoms with van der Waals surface area (Å²) >= 11 is 0. The Balaban J connectivity index is 0. The van der Waals surface area contributed by atoms with Crippen molar-refractivity contribution in [3.8, 4) is 0 Å². The van der Waals surface area contributed by atoms with Crippen molar-refractivity contribution in [3.05, 3.63) is 0 Å². The second-order valence-electron chi connectivity index (χ2n) is 23.5. The van der Waals surface area contributed by atoms with Gasteiger partial charge in [-0.15, -0.1) is 0 Å². The summed E-state index contributed by atoms with van der Waals surface area (Å²) in [4.78, 5) is 0. The topological polar surface area (TPSA) is 0 Å². The van der Waals surface area contributed by atoms with Crippen LogP contribution in [-0.4, -0.2) is 0 Å². The Bertz CT molecular complexity index is 1030. The molecule has 0 saturated heterocycles. The van der Waals surface area contributed by atoms with Crippen LogP contribution in [0.1, 0.15) is 258 Å². The van der Waals surface area contributed by atoms with Crippen LogP contribution < -0.4 is 0 Å². The van der Waals surface area contributed by atoms with E-state index in [1.165, 1.54) is 64.2 Å². The lowest BCUT2D eigenvalue weighted by molar-refractivity contribution is -0.193.